The van der Waals surface area contributed by atoms with E-state index in [1.54, 1.807) is 12.1 Å². The van der Waals surface area contributed by atoms with Gasteiger partial charge in [0, 0.05) is 6.54 Å². The zero-order valence-electron chi connectivity index (χ0n) is 7.33. The molecule has 1 heterocycles. The van der Waals surface area contributed by atoms with Crippen molar-refractivity contribution in [1.82, 2.24) is 4.98 Å². The van der Waals surface area contributed by atoms with Crippen molar-refractivity contribution >= 4 is 13.1 Å². The molecular formula is C8H9BF3N2-. The minimum atomic E-state index is -4.90. The highest BCUT2D eigenvalue weighted by atomic mass is 19.4. The molecule has 0 aliphatic rings. The molecule has 1 aromatic heterocycles. The van der Waals surface area contributed by atoms with Gasteiger partial charge < -0.3 is 18.7 Å². The molecule has 0 bridgehead atoms. The van der Waals surface area contributed by atoms with Crippen LogP contribution in [0.25, 0.3) is 6.08 Å². The summed E-state index contributed by atoms with van der Waals surface area (Å²) in [5.41, 5.74) is 6.14. The van der Waals surface area contributed by atoms with Crippen LogP contribution in [0.3, 0.4) is 0 Å². The van der Waals surface area contributed by atoms with Crippen molar-refractivity contribution in [1.29, 1.82) is 0 Å². The molecule has 1 aromatic rings. The van der Waals surface area contributed by atoms with Crippen molar-refractivity contribution in [2.75, 3.05) is 0 Å². The zero-order valence-corrected chi connectivity index (χ0v) is 7.33. The molecule has 0 aromatic carbocycles. The average molecular weight is 201 g/mol. The van der Waals surface area contributed by atoms with Crippen molar-refractivity contribution in [3.05, 3.63) is 35.6 Å². The monoisotopic (exact) mass is 201 g/mol. The van der Waals surface area contributed by atoms with E-state index < -0.39 is 6.98 Å². The first-order valence-corrected chi connectivity index (χ1v) is 4.06. The molecule has 0 unspecified atom stereocenters. The molecule has 14 heavy (non-hydrogen) atoms. The third-order valence-electron chi connectivity index (χ3n) is 1.52. The van der Waals surface area contributed by atoms with E-state index in [1.807, 2.05) is 0 Å². The number of nitrogens with two attached hydrogens (primary N) is 1. The van der Waals surface area contributed by atoms with Crippen LogP contribution in [-0.2, 0) is 6.54 Å². The highest BCUT2D eigenvalue weighted by Gasteiger charge is 2.16. The second-order valence-corrected chi connectivity index (χ2v) is 2.74. The molecule has 76 valence electrons. The Labute approximate surface area is 79.7 Å². The molecule has 0 amide bonds. The van der Waals surface area contributed by atoms with Crippen LogP contribution in [0.1, 0.15) is 11.4 Å². The van der Waals surface area contributed by atoms with Gasteiger partial charge >= 0.3 is 6.98 Å². The molecular weight excluding hydrogens is 192 g/mol. The maximum atomic E-state index is 11.8. The van der Waals surface area contributed by atoms with E-state index in [0.29, 0.717) is 5.69 Å². The number of hydrogen-bond donors (Lipinski definition) is 1. The fraction of sp³-hybridized carbons (Fsp3) is 0.125. The van der Waals surface area contributed by atoms with Gasteiger partial charge in [-0.25, -0.2) is 0 Å². The van der Waals surface area contributed by atoms with Gasteiger partial charge in [-0.1, -0.05) is 12.1 Å². The molecule has 0 radical (unpaired) electrons. The second kappa shape index (κ2) is 4.28. The lowest BCUT2D eigenvalue weighted by molar-refractivity contribution is 0.499. The van der Waals surface area contributed by atoms with E-state index in [9.17, 15) is 12.9 Å². The molecule has 2 nitrogen and oxygen atoms in total. The van der Waals surface area contributed by atoms with Crippen LogP contribution < -0.4 is 5.73 Å². The third kappa shape index (κ3) is 3.61. The second-order valence-electron chi connectivity index (χ2n) is 2.74. The van der Waals surface area contributed by atoms with Crippen LogP contribution in [0, 0.1) is 0 Å². The summed E-state index contributed by atoms with van der Waals surface area (Å²) in [5.74, 6) is 0.211. The summed E-state index contributed by atoms with van der Waals surface area (Å²) in [6.45, 7) is -4.68. The van der Waals surface area contributed by atoms with E-state index in [2.05, 4.69) is 4.98 Å². The van der Waals surface area contributed by atoms with Crippen LogP contribution in [0.2, 0.25) is 0 Å². The molecule has 0 aliphatic carbocycles. The quantitative estimate of drug-likeness (QED) is 0.758. The number of halogens is 3. The number of aromatic nitrogens is 1. The number of hydrogen-bond acceptors (Lipinski definition) is 2. The van der Waals surface area contributed by atoms with Crippen LogP contribution >= 0.6 is 0 Å². The van der Waals surface area contributed by atoms with E-state index in [4.69, 9.17) is 5.73 Å². The Kier molecular flexibility index (Phi) is 3.30. The Morgan fingerprint density at radius 3 is 2.64 bits per heavy atom. The molecule has 0 spiro atoms. The zero-order chi connectivity index (χ0) is 10.6. The third-order valence-corrected chi connectivity index (χ3v) is 1.52. The summed E-state index contributed by atoms with van der Waals surface area (Å²) in [4.78, 5) is 3.89. The molecule has 6 heteroatoms. The van der Waals surface area contributed by atoms with Crippen LogP contribution in [0.5, 0.6) is 0 Å². The highest BCUT2D eigenvalue weighted by molar-refractivity contribution is 6.64. The SMILES string of the molecule is NCc1cccc(/C=C/[B-](F)(F)F)n1. The first kappa shape index (κ1) is 10.8. The summed E-state index contributed by atoms with van der Waals surface area (Å²) in [5, 5.41) is 0. The maximum Gasteiger partial charge on any atom is 0.502 e. The van der Waals surface area contributed by atoms with E-state index in [1.165, 1.54) is 6.07 Å². The van der Waals surface area contributed by atoms with Crippen molar-refractivity contribution in [3.63, 3.8) is 0 Å². The lowest BCUT2D eigenvalue weighted by Crippen LogP contribution is -2.09. The fourth-order valence-electron chi connectivity index (χ4n) is 0.912. The summed E-state index contributed by atoms with van der Waals surface area (Å²) < 4.78 is 35.5. The van der Waals surface area contributed by atoms with Crippen molar-refractivity contribution in [2.45, 2.75) is 6.54 Å². The Morgan fingerprint density at radius 2 is 2.07 bits per heavy atom. The van der Waals surface area contributed by atoms with Crippen LogP contribution in [0.15, 0.2) is 24.2 Å². The summed E-state index contributed by atoms with van der Waals surface area (Å²) >= 11 is 0. The summed E-state index contributed by atoms with van der Waals surface area (Å²) in [7, 11) is 0. The van der Waals surface area contributed by atoms with Crippen molar-refractivity contribution in [3.8, 4) is 0 Å². The topological polar surface area (TPSA) is 38.9 Å². The Bertz CT molecular complexity index is 336. The van der Waals surface area contributed by atoms with Gasteiger partial charge in [-0.05, 0) is 12.1 Å². The first-order chi connectivity index (χ1) is 6.51. The summed E-state index contributed by atoms with van der Waals surface area (Å²) in [6.07, 6.45) is 0.944. The predicted octanol–water partition coefficient (Wildman–Crippen LogP) is 1.94. The lowest BCUT2D eigenvalue weighted by atomic mass is 9.91. The molecule has 0 aliphatic heterocycles. The fourth-order valence-corrected chi connectivity index (χ4v) is 0.912. The number of pyridine rings is 1. The van der Waals surface area contributed by atoms with Gasteiger partial charge in [0.05, 0.1) is 11.4 Å². The molecule has 0 saturated carbocycles. The minimum Gasteiger partial charge on any atom is -0.445 e. The molecule has 0 saturated heterocycles. The highest BCUT2D eigenvalue weighted by Crippen LogP contribution is 2.12. The van der Waals surface area contributed by atoms with E-state index in [0.717, 1.165) is 6.08 Å². The lowest BCUT2D eigenvalue weighted by Gasteiger charge is -2.06. The first-order valence-electron chi connectivity index (χ1n) is 4.06. The van der Waals surface area contributed by atoms with Gasteiger partial charge in [0.2, 0.25) is 0 Å². The van der Waals surface area contributed by atoms with Gasteiger partial charge in [-0.2, -0.15) is 0 Å². The van der Waals surface area contributed by atoms with E-state index >= 15 is 0 Å². The Balaban J connectivity index is 2.82. The van der Waals surface area contributed by atoms with E-state index in [-0.39, 0.29) is 18.2 Å². The van der Waals surface area contributed by atoms with Crippen molar-refractivity contribution < 1.29 is 12.9 Å². The average Bonchev–Trinajstić information content (AvgIpc) is 2.14. The molecule has 2 N–H and O–H groups in total. The minimum absolute atomic E-state index is 0.211. The van der Waals surface area contributed by atoms with Gasteiger partial charge in [0.15, 0.2) is 0 Å². The molecule has 0 atom stereocenters. The van der Waals surface area contributed by atoms with Gasteiger partial charge in [-0.3, -0.25) is 4.98 Å². The Morgan fingerprint density at radius 1 is 1.36 bits per heavy atom. The van der Waals surface area contributed by atoms with Crippen LogP contribution in [0.4, 0.5) is 12.9 Å². The van der Waals surface area contributed by atoms with Gasteiger partial charge in [0.25, 0.3) is 0 Å². The largest absolute Gasteiger partial charge is 0.502 e. The predicted molar refractivity (Wildman–Crippen MR) is 50.2 cm³/mol. The summed E-state index contributed by atoms with van der Waals surface area (Å²) in [6, 6.07) is 4.78. The van der Waals surface area contributed by atoms with Crippen molar-refractivity contribution in [2.24, 2.45) is 5.73 Å². The normalized spacial score (nSPS) is 12.3. The standard InChI is InChI=1S/C8H9BF3N2/c10-9(11,12)5-4-7-2-1-3-8(6-13)14-7/h1-5H,6,13H2/q-1/b5-4+. The maximum absolute atomic E-state index is 11.8. The molecule has 1 rings (SSSR count). The van der Waals surface area contributed by atoms with Crippen LogP contribution in [-0.4, -0.2) is 12.0 Å². The van der Waals surface area contributed by atoms with Gasteiger partial charge in [0.1, 0.15) is 0 Å². The number of rotatable bonds is 3. The Hall–Kier alpha value is -1.30. The van der Waals surface area contributed by atoms with Gasteiger partial charge in [-0.15, -0.1) is 5.98 Å². The molecule has 0 fully saturated rings. The smallest absolute Gasteiger partial charge is 0.445 e. The number of nitrogens with zero attached hydrogens (tertiary/aromatic N) is 1.